The molecule has 0 radical (unpaired) electrons. The lowest BCUT2D eigenvalue weighted by atomic mass is 10.2. The van der Waals surface area contributed by atoms with Crippen molar-refractivity contribution in [2.45, 2.75) is 0 Å². The predicted octanol–water partition coefficient (Wildman–Crippen LogP) is 4.43. The van der Waals surface area contributed by atoms with E-state index in [1.807, 2.05) is 60.7 Å². The molecule has 0 aliphatic rings. The van der Waals surface area contributed by atoms with Gasteiger partial charge in [-0.2, -0.15) is 0 Å². The highest BCUT2D eigenvalue weighted by Gasteiger charge is 2.11. The Morgan fingerprint density at radius 3 is 1.39 bits per heavy atom. The minimum absolute atomic E-state index is 0.656. The van der Waals surface area contributed by atoms with E-state index in [4.69, 9.17) is 0 Å². The van der Waals surface area contributed by atoms with Gasteiger partial charge in [0.15, 0.2) is 0 Å². The van der Waals surface area contributed by atoms with Gasteiger partial charge in [0.05, 0.1) is 35.2 Å². The van der Waals surface area contributed by atoms with Crippen molar-refractivity contribution in [2.24, 2.45) is 9.98 Å². The first-order valence-electron chi connectivity index (χ1n) is 8.71. The lowest BCUT2D eigenvalue weighted by Gasteiger charge is -2.06. The van der Waals surface area contributed by atoms with E-state index in [0.29, 0.717) is 22.8 Å². The quantitative estimate of drug-likeness (QED) is 0.491. The molecule has 0 aliphatic heterocycles. The van der Waals surface area contributed by atoms with Crippen molar-refractivity contribution in [3.8, 4) is 11.4 Å². The summed E-state index contributed by atoms with van der Waals surface area (Å²) in [6.45, 7) is 0. The minimum atomic E-state index is 0.656. The van der Waals surface area contributed by atoms with Gasteiger partial charge >= 0.3 is 0 Å². The van der Waals surface area contributed by atoms with E-state index in [1.54, 1.807) is 37.2 Å². The molecule has 0 fully saturated rings. The van der Waals surface area contributed by atoms with Crippen LogP contribution < -0.4 is 0 Å². The normalized spacial score (nSPS) is 11.3. The van der Waals surface area contributed by atoms with Gasteiger partial charge < -0.3 is 0 Å². The second-order valence-electron chi connectivity index (χ2n) is 5.77. The first-order valence-corrected chi connectivity index (χ1v) is 8.71. The summed E-state index contributed by atoms with van der Waals surface area (Å²) in [6, 6.07) is 18.8. The van der Waals surface area contributed by atoms with Gasteiger partial charge in [0.25, 0.3) is 0 Å². The van der Waals surface area contributed by atoms with Crippen molar-refractivity contribution in [3.63, 3.8) is 0 Å². The summed E-state index contributed by atoms with van der Waals surface area (Å²) in [4.78, 5) is 26.6. The van der Waals surface area contributed by atoms with Gasteiger partial charge in [-0.1, -0.05) is 12.1 Å². The van der Waals surface area contributed by atoms with Gasteiger partial charge in [0.2, 0.25) is 0 Å². The van der Waals surface area contributed by atoms with E-state index in [-0.39, 0.29) is 0 Å². The molecule has 0 spiro atoms. The van der Waals surface area contributed by atoms with E-state index >= 15 is 0 Å². The molecule has 4 heterocycles. The summed E-state index contributed by atoms with van der Waals surface area (Å²) in [7, 11) is 0. The maximum absolute atomic E-state index is 4.56. The number of aromatic nitrogens is 4. The van der Waals surface area contributed by atoms with Crippen molar-refractivity contribution in [3.05, 3.63) is 96.8 Å². The summed E-state index contributed by atoms with van der Waals surface area (Å²) in [5.74, 6) is 0. The van der Waals surface area contributed by atoms with Crippen LogP contribution in [-0.4, -0.2) is 32.4 Å². The average Bonchev–Trinajstić information content (AvgIpc) is 2.78. The van der Waals surface area contributed by atoms with Crippen LogP contribution in [0.2, 0.25) is 0 Å². The zero-order valence-corrected chi connectivity index (χ0v) is 14.9. The van der Waals surface area contributed by atoms with Crippen molar-refractivity contribution >= 4 is 23.8 Å². The Labute approximate surface area is 162 Å². The Morgan fingerprint density at radius 2 is 0.964 bits per heavy atom. The molecule has 6 nitrogen and oxygen atoms in total. The monoisotopic (exact) mass is 364 g/mol. The summed E-state index contributed by atoms with van der Waals surface area (Å²) < 4.78 is 0. The molecule has 0 aromatic carbocycles. The molecule has 0 saturated heterocycles. The number of hydrogen-bond acceptors (Lipinski definition) is 6. The van der Waals surface area contributed by atoms with Gasteiger partial charge in [-0.05, 0) is 48.5 Å². The number of nitrogens with zero attached hydrogens (tertiary/aromatic N) is 6. The fourth-order valence-electron chi connectivity index (χ4n) is 2.54. The number of rotatable bonds is 5. The number of aliphatic imine (C=N–C) groups is 2. The summed E-state index contributed by atoms with van der Waals surface area (Å²) in [6.07, 6.45) is 10.3. The molecule has 0 amide bonds. The summed E-state index contributed by atoms with van der Waals surface area (Å²) in [5.41, 5.74) is 4.24. The number of pyridine rings is 4. The largest absolute Gasteiger partial charge is 0.255 e. The average molecular weight is 364 g/mol. The minimum Gasteiger partial charge on any atom is -0.255 e. The van der Waals surface area contributed by atoms with Crippen LogP contribution in [0.25, 0.3) is 11.4 Å². The first kappa shape index (κ1) is 17.4. The number of hydrogen-bond donors (Lipinski definition) is 0. The third-order valence-corrected chi connectivity index (χ3v) is 3.84. The Bertz CT molecular complexity index is 1020. The molecule has 4 rings (SSSR count). The third-order valence-electron chi connectivity index (χ3n) is 3.84. The molecular formula is C22H16N6. The van der Waals surface area contributed by atoms with Crippen molar-refractivity contribution in [1.29, 1.82) is 0 Å². The Hall–Kier alpha value is -4.06. The fourth-order valence-corrected chi connectivity index (χ4v) is 2.54. The van der Waals surface area contributed by atoms with Crippen LogP contribution in [-0.2, 0) is 0 Å². The Balaban J connectivity index is 1.71. The van der Waals surface area contributed by atoms with Gasteiger partial charge in [0, 0.05) is 24.8 Å². The van der Waals surface area contributed by atoms with Gasteiger partial charge in [-0.15, -0.1) is 0 Å². The molecule has 0 atom stereocenters. The zero-order valence-electron chi connectivity index (χ0n) is 14.9. The van der Waals surface area contributed by atoms with E-state index in [9.17, 15) is 0 Å². The zero-order chi connectivity index (χ0) is 19.0. The molecule has 0 saturated carbocycles. The Kier molecular flexibility index (Phi) is 5.30. The maximum Gasteiger partial charge on any atom is 0.116 e. The van der Waals surface area contributed by atoms with E-state index in [1.165, 1.54) is 0 Å². The van der Waals surface area contributed by atoms with Crippen LogP contribution in [0.4, 0.5) is 11.4 Å². The molecule has 0 bridgehead atoms. The van der Waals surface area contributed by atoms with E-state index in [2.05, 4.69) is 29.9 Å². The molecule has 4 aromatic rings. The molecule has 4 aromatic heterocycles. The molecule has 0 aliphatic carbocycles. The van der Waals surface area contributed by atoms with Gasteiger partial charge in [0.1, 0.15) is 11.4 Å². The van der Waals surface area contributed by atoms with Crippen LogP contribution in [0, 0.1) is 0 Å². The molecule has 0 N–H and O–H groups in total. The van der Waals surface area contributed by atoms with Crippen LogP contribution in [0.3, 0.4) is 0 Å². The van der Waals surface area contributed by atoms with Crippen molar-refractivity contribution in [2.75, 3.05) is 0 Å². The summed E-state index contributed by atoms with van der Waals surface area (Å²) >= 11 is 0. The summed E-state index contributed by atoms with van der Waals surface area (Å²) in [5, 5.41) is 0. The van der Waals surface area contributed by atoms with Crippen LogP contribution in [0.5, 0.6) is 0 Å². The van der Waals surface area contributed by atoms with Gasteiger partial charge in [-0.25, -0.2) is 0 Å². The lowest BCUT2D eigenvalue weighted by molar-refractivity contribution is 1.23. The molecule has 6 heteroatoms. The van der Waals surface area contributed by atoms with E-state index in [0.717, 1.165) is 11.4 Å². The van der Waals surface area contributed by atoms with Gasteiger partial charge in [-0.3, -0.25) is 29.9 Å². The SMILES string of the molecule is C(=Nc1cccnc1-c1ncccc1N=Cc1ccccn1)c1ccccn1. The second kappa shape index (κ2) is 8.55. The molecule has 0 unspecified atom stereocenters. The maximum atomic E-state index is 4.56. The molecular weight excluding hydrogens is 348 g/mol. The smallest absolute Gasteiger partial charge is 0.116 e. The van der Waals surface area contributed by atoms with Crippen LogP contribution >= 0.6 is 0 Å². The highest BCUT2D eigenvalue weighted by Crippen LogP contribution is 2.32. The topological polar surface area (TPSA) is 76.3 Å². The highest BCUT2D eigenvalue weighted by molar-refractivity contribution is 5.86. The molecule has 134 valence electrons. The molecule has 28 heavy (non-hydrogen) atoms. The second-order valence-corrected chi connectivity index (χ2v) is 5.77. The highest BCUT2D eigenvalue weighted by atomic mass is 14.9. The standard InChI is InChI=1S/C22H16N6/c1-3-11-23-17(7-1)15-27-19-9-5-13-25-21(19)22-20(10-6-14-26-22)28-16-18-8-2-4-12-24-18/h1-16H. The van der Waals surface area contributed by atoms with Crippen molar-refractivity contribution < 1.29 is 0 Å². The third kappa shape index (κ3) is 4.19. The fraction of sp³-hybridized carbons (Fsp3) is 0. The predicted molar refractivity (Wildman–Crippen MR) is 110 cm³/mol. The Morgan fingerprint density at radius 1 is 0.500 bits per heavy atom. The van der Waals surface area contributed by atoms with Crippen LogP contribution in [0.1, 0.15) is 11.4 Å². The lowest BCUT2D eigenvalue weighted by Crippen LogP contribution is -1.91. The van der Waals surface area contributed by atoms with Crippen molar-refractivity contribution in [1.82, 2.24) is 19.9 Å². The van der Waals surface area contributed by atoms with E-state index < -0.39 is 0 Å². The van der Waals surface area contributed by atoms with Crippen LogP contribution in [0.15, 0.2) is 95.4 Å². The first-order chi connectivity index (χ1) is 13.9.